The number of hydrogen-bond acceptors (Lipinski definition) is 4. The van der Waals surface area contributed by atoms with E-state index in [-0.39, 0.29) is 11.9 Å². The molecule has 1 unspecified atom stereocenters. The minimum absolute atomic E-state index is 0.0405. The van der Waals surface area contributed by atoms with Crippen LogP contribution < -0.4 is 5.32 Å². The summed E-state index contributed by atoms with van der Waals surface area (Å²) in [6.45, 7) is 4.22. The molecule has 94 valence electrons. The van der Waals surface area contributed by atoms with E-state index in [0.29, 0.717) is 19.8 Å². The van der Waals surface area contributed by atoms with Crippen LogP contribution in [0, 0.1) is 6.92 Å². The van der Waals surface area contributed by atoms with Gasteiger partial charge in [-0.15, -0.1) is 0 Å². The second-order valence-corrected chi connectivity index (χ2v) is 4.29. The second kappa shape index (κ2) is 5.33. The van der Waals surface area contributed by atoms with Gasteiger partial charge in [-0.3, -0.25) is 4.79 Å². The molecule has 2 rings (SSSR count). The summed E-state index contributed by atoms with van der Waals surface area (Å²) >= 11 is 0. The zero-order valence-corrected chi connectivity index (χ0v) is 10.2. The van der Waals surface area contributed by atoms with E-state index in [2.05, 4.69) is 5.32 Å². The van der Waals surface area contributed by atoms with Crippen LogP contribution in [0.3, 0.4) is 0 Å². The molecule has 0 aliphatic carbocycles. The highest BCUT2D eigenvalue weighted by molar-refractivity contribution is 5.81. The van der Waals surface area contributed by atoms with E-state index in [4.69, 9.17) is 9.15 Å². The van der Waals surface area contributed by atoms with Crippen molar-refractivity contribution >= 4 is 5.91 Å². The molecule has 1 fully saturated rings. The third kappa shape index (κ3) is 3.08. The van der Waals surface area contributed by atoms with Gasteiger partial charge in [0.2, 0.25) is 5.91 Å². The van der Waals surface area contributed by atoms with E-state index in [1.807, 2.05) is 19.1 Å². The van der Waals surface area contributed by atoms with Crippen LogP contribution in [0.15, 0.2) is 16.5 Å². The number of ether oxygens (including phenoxy) is 1. The standard InChI is InChI=1S/C12H18N2O3/c1-9-3-4-10(17-9)7-14(2)12(15)11-8-16-6-5-13-11/h3-4,11,13H,5-8H2,1-2H3. The molecule has 1 saturated heterocycles. The molecule has 1 amide bonds. The Morgan fingerprint density at radius 1 is 1.59 bits per heavy atom. The van der Waals surface area contributed by atoms with Gasteiger partial charge in [0.05, 0.1) is 19.8 Å². The molecule has 2 heterocycles. The maximum Gasteiger partial charge on any atom is 0.242 e. The Morgan fingerprint density at radius 3 is 3.00 bits per heavy atom. The van der Waals surface area contributed by atoms with Gasteiger partial charge in [0.15, 0.2) is 0 Å². The van der Waals surface area contributed by atoms with Crippen LogP contribution in [0.2, 0.25) is 0 Å². The summed E-state index contributed by atoms with van der Waals surface area (Å²) < 4.78 is 10.7. The number of morpholine rings is 1. The van der Waals surface area contributed by atoms with E-state index in [9.17, 15) is 4.79 Å². The van der Waals surface area contributed by atoms with Crippen LogP contribution in [0.4, 0.5) is 0 Å². The summed E-state index contributed by atoms with van der Waals surface area (Å²) in [5.41, 5.74) is 0. The molecule has 17 heavy (non-hydrogen) atoms. The van der Waals surface area contributed by atoms with Gasteiger partial charge in [-0.1, -0.05) is 0 Å². The average molecular weight is 238 g/mol. The smallest absolute Gasteiger partial charge is 0.242 e. The Balaban J connectivity index is 1.90. The van der Waals surface area contributed by atoms with Crippen LogP contribution in [0.25, 0.3) is 0 Å². The Kier molecular flexibility index (Phi) is 3.81. The molecule has 1 aliphatic heterocycles. The van der Waals surface area contributed by atoms with Crippen LogP contribution in [0.5, 0.6) is 0 Å². The fraction of sp³-hybridized carbons (Fsp3) is 0.583. The Morgan fingerprint density at radius 2 is 2.41 bits per heavy atom. The average Bonchev–Trinajstić information content (AvgIpc) is 2.75. The van der Waals surface area contributed by atoms with Gasteiger partial charge in [0.1, 0.15) is 17.6 Å². The number of amides is 1. The van der Waals surface area contributed by atoms with Crippen molar-refractivity contribution < 1.29 is 13.9 Å². The molecular weight excluding hydrogens is 220 g/mol. The third-order valence-electron chi connectivity index (χ3n) is 2.78. The molecule has 0 saturated carbocycles. The zero-order valence-electron chi connectivity index (χ0n) is 10.2. The number of aryl methyl sites for hydroxylation is 1. The number of rotatable bonds is 3. The van der Waals surface area contributed by atoms with Gasteiger partial charge in [-0.05, 0) is 19.1 Å². The minimum Gasteiger partial charge on any atom is -0.464 e. The molecule has 1 aliphatic rings. The quantitative estimate of drug-likeness (QED) is 0.835. The van der Waals surface area contributed by atoms with E-state index < -0.39 is 0 Å². The molecule has 1 atom stereocenters. The lowest BCUT2D eigenvalue weighted by Crippen LogP contribution is -2.51. The van der Waals surface area contributed by atoms with Gasteiger partial charge in [-0.2, -0.15) is 0 Å². The first-order chi connectivity index (χ1) is 8.16. The van der Waals surface area contributed by atoms with E-state index in [0.717, 1.165) is 18.1 Å². The molecule has 0 spiro atoms. The second-order valence-electron chi connectivity index (χ2n) is 4.29. The van der Waals surface area contributed by atoms with Crippen LogP contribution in [0.1, 0.15) is 11.5 Å². The Bertz CT molecular complexity index is 383. The normalized spacial score (nSPS) is 20.2. The van der Waals surface area contributed by atoms with Gasteiger partial charge >= 0.3 is 0 Å². The number of carbonyl (C=O) groups is 1. The van der Waals surface area contributed by atoms with Crippen LogP contribution in [-0.4, -0.2) is 43.7 Å². The van der Waals surface area contributed by atoms with E-state index in [1.54, 1.807) is 11.9 Å². The van der Waals surface area contributed by atoms with Crippen molar-refractivity contribution in [3.8, 4) is 0 Å². The van der Waals surface area contributed by atoms with Crippen molar-refractivity contribution in [2.45, 2.75) is 19.5 Å². The monoisotopic (exact) mass is 238 g/mol. The summed E-state index contributed by atoms with van der Waals surface area (Å²) in [4.78, 5) is 13.7. The van der Waals surface area contributed by atoms with Crippen molar-refractivity contribution in [2.24, 2.45) is 0 Å². The highest BCUT2D eigenvalue weighted by atomic mass is 16.5. The molecule has 1 N–H and O–H groups in total. The third-order valence-corrected chi connectivity index (χ3v) is 2.78. The fourth-order valence-corrected chi connectivity index (χ4v) is 1.87. The molecule has 0 aromatic carbocycles. The molecule has 0 bridgehead atoms. The number of hydrogen-bond donors (Lipinski definition) is 1. The van der Waals surface area contributed by atoms with Gasteiger partial charge < -0.3 is 19.4 Å². The van der Waals surface area contributed by atoms with Crippen molar-refractivity contribution in [1.29, 1.82) is 0 Å². The summed E-state index contributed by atoms with van der Waals surface area (Å²) in [6.07, 6.45) is 0. The van der Waals surface area contributed by atoms with E-state index >= 15 is 0 Å². The van der Waals surface area contributed by atoms with E-state index in [1.165, 1.54) is 0 Å². The van der Waals surface area contributed by atoms with Crippen molar-refractivity contribution in [3.05, 3.63) is 23.7 Å². The molecule has 1 aromatic rings. The summed E-state index contributed by atoms with van der Waals surface area (Å²) in [6, 6.07) is 3.56. The van der Waals surface area contributed by atoms with Gasteiger partial charge in [0.25, 0.3) is 0 Å². The fourth-order valence-electron chi connectivity index (χ4n) is 1.87. The number of furan rings is 1. The molecule has 5 nitrogen and oxygen atoms in total. The minimum atomic E-state index is -0.232. The molecule has 0 radical (unpaired) electrons. The molecule has 1 aromatic heterocycles. The van der Waals surface area contributed by atoms with Crippen LogP contribution >= 0.6 is 0 Å². The topological polar surface area (TPSA) is 54.7 Å². The lowest BCUT2D eigenvalue weighted by atomic mass is 10.2. The highest BCUT2D eigenvalue weighted by Crippen LogP contribution is 2.09. The first-order valence-corrected chi connectivity index (χ1v) is 5.78. The summed E-state index contributed by atoms with van der Waals surface area (Å²) in [5, 5.41) is 3.14. The molecular formula is C12H18N2O3. The maximum atomic E-state index is 12.1. The van der Waals surface area contributed by atoms with Crippen LogP contribution in [-0.2, 0) is 16.1 Å². The number of nitrogens with zero attached hydrogens (tertiary/aromatic N) is 1. The zero-order chi connectivity index (χ0) is 12.3. The number of nitrogens with one attached hydrogen (secondary N) is 1. The Labute approximate surface area is 101 Å². The summed E-state index contributed by atoms with van der Waals surface area (Å²) in [7, 11) is 1.77. The predicted molar refractivity (Wildman–Crippen MR) is 62.5 cm³/mol. The predicted octanol–water partition coefficient (Wildman–Crippen LogP) is 0.535. The van der Waals surface area contributed by atoms with Gasteiger partial charge in [-0.25, -0.2) is 0 Å². The largest absolute Gasteiger partial charge is 0.464 e. The van der Waals surface area contributed by atoms with Gasteiger partial charge in [0, 0.05) is 13.6 Å². The lowest BCUT2D eigenvalue weighted by Gasteiger charge is -2.27. The first kappa shape index (κ1) is 12.1. The highest BCUT2D eigenvalue weighted by Gasteiger charge is 2.24. The Hall–Kier alpha value is -1.33. The van der Waals surface area contributed by atoms with Crippen molar-refractivity contribution in [3.63, 3.8) is 0 Å². The maximum absolute atomic E-state index is 12.1. The number of carbonyl (C=O) groups excluding carboxylic acids is 1. The first-order valence-electron chi connectivity index (χ1n) is 5.78. The number of likely N-dealkylation sites (N-methyl/N-ethyl adjacent to an activating group) is 1. The van der Waals surface area contributed by atoms with Crippen molar-refractivity contribution in [1.82, 2.24) is 10.2 Å². The summed E-state index contributed by atoms with van der Waals surface area (Å²) in [5.74, 6) is 1.70. The van der Waals surface area contributed by atoms with Crippen molar-refractivity contribution in [2.75, 3.05) is 26.8 Å². The SMILES string of the molecule is Cc1ccc(CN(C)C(=O)C2COCCN2)o1. The molecule has 5 heteroatoms. The lowest BCUT2D eigenvalue weighted by molar-refractivity contribution is -0.135.